The molecule has 0 saturated carbocycles. The van der Waals surface area contributed by atoms with Gasteiger partial charge in [-0.15, -0.1) is 0 Å². The molecule has 2 N–H and O–H groups in total. The summed E-state index contributed by atoms with van der Waals surface area (Å²) >= 11 is 0. The molecule has 2 nitrogen and oxygen atoms in total. The van der Waals surface area contributed by atoms with Crippen molar-refractivity contribution in [3.8, 4) is 5.75 Å². The normalized spacial score (nSPS) is 14.1. The molecule has 0 aliphatic rings. The summed E-state index contributed by atoms with van der Waals surface area (Å²) in [4.78, 5) is 0. The van der Waals surface area contributed by atoms with Crippen molar-refractivity contribution >= 4 is 0 Å². The van der Waals surface area contributed by atoms with Gasteiger partial charge in [0.25, 0.3) is 0 Å². The first-order valence-corrected chi connectivity index (χ1v) is 7.67. The highest BCUT2D eigenvalue weighted by Gasteiger charge is 2.14. The number of hydrogen-bond donors (Lipinski definition) is 1. The summed E-state index contributed by atoms with van der Waals surface area (Å²) < 4.78 is 19.6. The van der Waals surface area contributed by atoms with Crippen molar-refractivity contribution in [1.82, 2.24) is 0 Å². The van der Waals surface area contributed by atoms with Gasteiger partial charge in [0, 0.05) is 11.6 Å². The van der Waals surface area contributed by atoms with Crippen LogP contribution in [0, 0.1) is 18.7 Å². The second-order valence-corrected chi connectivity index (χ2v) is 5.66. The van der Waals surface area contributed by atoms with Gasteiger partial charge in [-0.05, 0) is 43.9 Å². The molecule has 0 fully saturated rings. The van der Waals surface area contributed by atoms with E-state index in [1.54, 1.807) is 13.0 Å². The molecule has 0 aromatic heterocycles. The summed E-state index contributed by atoms with van der Waals surface area (Å²) in [6.45, 7) is 8.67. The predicted molar refractivity (Wildman–Crippen MR) is 82.5 cm³/mol. The maximum absolute atomic E-state index is 13.6. The lowest BCUT2D eigenvalue weighted by Gasteiger charge is -2.19. The summed E-state index contributed by atoms with van der Waals surface area (Å²) in [6.07, 6.45) is 4.72. The van der Waals surface area contributed by atoms with Gasteiger partial charge in [-0.25, -0.2) is 4.39 Å². The minimum absolute atomic E-state index is 0.220. The zero-order valence-corrected chi connectivity index (χ0v) is 13.2. The molecule has 0 bridgehead atoms. The topological polar surface area (TPSA) is 35.2 Å². The number of nitrogens with two attached hydrogens (primary N) is 1. The fourth-order valence-electron chi connectivity index (χ4n) is 2.26. The fourth-order valence-corrected chi connectivity index (χ4v) is 2.26. The van der Waals surface area contributed by atoms with Crippen molar-refractivity contribution in [2.75, 3.05) is 6.61 Å². The molecule has 2 atom stereocenters. The van der Waals surface area contributed by atoms with Crippen LogP contribution in [0.3, 0.4) is 0 Å². The van der Waals surface area contributed by atoms with E-state index in [4.69, 9.17) is 10.5 Å². The molecule has 3 heteroatoms. The van der Waals surface area contributed by atoms with Crippen molar-refractivity contribution in [3.05, 3.63) is 29.1 Å². The van der Waals surface area contributed by atoms with Crippen molar-refractivity contribution < 1.29 is 9.13 Å². The summed E-state index contributed by atoms with van der Waals surface area (Å²) in [5.74, 6) is 1.07. The Morgan fingerprint density at radius 3 is 2.55 bits per heavy atom. The largest absolute Gasteiger partial charge is 0.493 e. The molecular formula is C17H28FNO. The van der Waals surface area contributed by atoms with Crippen molar-refractivity contribution in [2.24, 2.45) is 11.7 Å². The number of halogens is 1. The number of aryl methyl sites for hydroxylation is 1. The second kappa shape index (κ2) is 8.25. The van der Waals surface area contributed by atoms with Gasteiger partial charge in [-0.1, -0.05) is 33.1 Å². The van der Waals surface area contributed by atoms with Gasteiger partial charge < -0.3 is 10.5 Å². The SMILES string of the molecule is CCCCC(CC)COc1cc(C)c(F)cc1[C@@H](C)N. The van der Waals surface area contributed by atoms with Gasteiger partial charge in [0.05, 0.1) is 6.61 Å². The van der Waals surface area contributed by atoms with E-state index in [-0.39, 0.29) is 11.9 Å². The fraction of sp³-hybridized carbons (Fsp3) is 0.647. The maximum atomic E-state index is 13.6. The lowest BCUT2D eigenvalue weighted by molar-refractivity contribution is 0.230. The Morgan fingerprint density at radius 2 is 2.00 bits per heavy atom. The lowest BCUT2D eigenvalue weighted by Crippen LogP contribution is -2.14. The third-order valence-corrected chi connectivity index (χ3v) is 3.80. The van der Waals surface area contributed by atoms with Gasteiger partial charge in [-0.3, -0.25) is 0 Å². The predicted octanol–water partition coefficient (Wildman–Crippen LogP) is 4.75. The van der Waals surface area contributed by atoms with Crippen molar-refractivity contribution in [3.63, 3.8) is 0 Å². The average Bonchev–Trinajstić information content (AvgIpc) is 2.42. The molecule has 0 saturated heterocycles. The van der Waals surface area contributed by atoms with Crippen LogP contribution in [0.2, 0.25) is 0 Å². The first-order valence-electron chi connectivity index (χ1n) is 7.67. The Kier molecular flexibility index (Phi) is 7.00. The van der Waals surface area contributed by atoms with Gasteiger partial charge in [-0.2, -0.15) is 0 Å². The number of rotatable bonds is 8. The maximum Gasteiger partial charge on any atom is 0.126 e. The Hall–Kier alpha value is -1.09. The molecule has 0 amide bonds. The summed E-state index contributed by atoms with van der Waals surface area (Å²) in [7, 11) is 0. The van der Waals surface area contributed by atoms with Crippen molar-refractivity contribution in [2.45, 2.75) is 59.4 Å². The lowest BCUT2D eigenvalue weighted by atomic mass is 10.0. The molecule has 20 heavy (non-hydrogen) atoms. The molecule has 1 unspecified atom stereocenters. The highest BCUT2D eigenvalue weighted by Crippen LogP contribution is 2.28. The van der Waals surface area contributed by atoms with Crippen LogP contribution in [0.1, 0.15) is 63.6 Å². The van der Waals surface area contributed by atoms with Gasteiger partial charge in [0.15, 0.2) is 0 Å². The zero-order chi connectivity index (χ0) is 15.1. The molecule has 0 aliphatic carbocycles. The molecule has 1 rings (SSSR count). The van der Waals surface area contributed by atoms with E-state index in [0.717, 1.165) is 17.7 Å². The van der Waals surface area contributed by atoms with E-state index in [1.165, 1.54) is 25.3 Å². The van der Waals surface area contributed by atoms with Crippen LogP contribution in [0.4, 0.5) is 4.39 Å². The van der Waals surface area contributed by atoms with E-state index >= 15 is 0 Å². The molecule has 0 spiro atoms. The van der Waals surface area contributed by atoms with E-state index in [9.17, 15) is 4.39 Å². The number of benzene rings is 1. The van der Waals surface area contributed by atoms with Crippen molar-refractivity contribution in [1.29, 1.82) is 0 Å². The van der Waals surface area contributed by atoms with Crippen LogP contribution in [-0.2, 0) is 0 Å². The minimum Gasteiger partial charge on any atom is -0.493 e. The Labute approximate surface area is 122 Å². The van der Waals surface area contributed by atoms with Crippen LogP contribution in [0.15, 0.2) is 12.1 Å². The molecule has 0 aliphatic heterocycles. The summed E-state index contributed by atoms with van der Waals surface area (Å²) in [5, 5.41) is 0. The number of unbranched alkanes of at least 4 members (excludes halogenated alkanes) is 1. The average molecular weight is 281 g/mol. The highest BCUT2D eigenvalue weighted by molar-refractivity contribution is 5.39. The molecule has 0 heterocycles. The molecule has 1 aromatic carbocycles. The van der Waals surface area contributed by atoms with E-state index in [1.807, 2.05) is 6.92 Å². The zero-order valence-electron chi connectivity index (χ0n) is 13.2. The van der Waals surface area contributed by atoms with Crippen LogP contribution in [0.25, 0.3) is 0 Å². The summed E-state index contributed by atoms with van der Waals surface area (Å²) in [6, 6.07) is 3.04. The third-order valence-electron chi connectivity index (χ3n) is 3.80. The van der Waals surface area contributed by atoms with Crippen LogP contribution < -0.4 is 10.5 Å². The van der Waals surface area contributed by atoms with E-state index in [0.29, 0.717) is 18.1 Å². The first kappa shape index (κ1) is 17.0. The van der Waals surface area contributed by atoms with Gasteiger partial charge >= 0.3 is 0 Å². The minimum atomic E-state index is -0.226. The van der Waals surface area contributed by atoms with Gasteiger partial charge in [0.1, 0.15) is 11.6 Å². The molecule has 0 radical (unpaired) electrons. The van der Waals surface area contributed by atoms with E-state index in [2.05, 4.69) is 13.8 Å². The van der Waals surface area contributed by atoms with Crippen LogP contribution in [-0.4, -0.2) is 6.61 Å². The van der Waals surface area contributed by atoms with Gasteiger partial charge in [0.2, 0.25) is 0 Å². The number of ether oxygens (including phenoxy) is 1. The monoisotopic (exact) mass is 281 g/mol. The molecular weight excluding hydrogens is 253 g/mol. The van der Waals surface area contributed by atoms with E-state index < -0.39 is 0 Å². The highest BCUT2D eigenvalue weighted by atomic mass is 19.1. The summed E-state index contributed by atoms with van der Waals surface area (Å²) in [5.41, 5.74) is 7.26. The third kappa shape index (κ3) is 4.78. The molecule has 1 aromatic rings. The Morgan fingerprint density at radius 1 is 1.30 bits per heavy atom. The van der Waals surface area contributed by atoms with Crippen LogP contribution in [0.5, 0.6) is 5.75 Å². The second-order valence-electron chi connectivity index (χ2n) is 5.66. The van der Waals surface area contributed by atoms with Crippen LogP contribution >= 0.6 is 0 Å². The smallest absolute Gasteiger partial charge is 0.126 e. The standard InChI is InChI=1S/C17H28FNO/c1-5-7-8-14(6-2)11-20-17-9-12(3)16(18)10-15(17)13(4)19/h9-10,13-14H,5-8,11,19H2,1-4H3/t13-,14?/m1/s1. The first-order chi connectivity index (χ1) is 9.49. The quantitative estimate of drug-likeness (QED) is 0.746. The molecule has 114 valence electrons. The Bertz CT molecular complexity index is 418. The Balaban J connectivity index is 2.77. The number of hydrogen-bond acceptors (Lipinski definition) is 2.